The van der Waals surface area contributed by atoms with Gasteiger partial charge in [-0.3, -0.25) is 9.69 Å². The van der Waals surface area contributed by atoms with Crippen molar-refractivity contribution in [2.45, 2.75) is 102 Å². The van der Waals surface area contributed by atoms with Crippen molar-refractivity contribution in [1.29, 1.82) is 0 Å². The average Bonchev–Trinajstić information content (AvgIpc) is 3.14. The van der Waals surface area contributed by atoms with E-state index in [1.54, 1.807) is 14.2 Å². The second-order valence-electron chi connectivity index (χ2n) is 10.3. The molecule has 1 aromatic rings. The molecule has 0 bridgehead atoms. The number of hydrogen-bond donors (Lipinski definition) is 0. The molecular formula is C26H41NO4. The van der Waals surface area contributed by atoms with Crippen LogP contribution in [0.15, 0.2) is 30.3 Å². The normalized spacial score (nSPS) is 26.7. The molecular weight excluding hydrogens is 390 g/mol. The number of benzene rings is 1. The first-order valence-corrected chi connectivity index (χ1v) is 11.9. The largest absolute Gasteiger partial charge is 0.459 e. The topological polar surface area (TPSA) is 48.0 Å². The van der Waals surface area contributed by atoms with E-state index in [0.29, 0.717) is 12.0 Å². The maximum absolute atomic E-state index is 13.0. The van der Waals surface area contributed by atoms with Gasteiger partial charge in [0, 0.05) is 39.6 Å². The molecule has 2 fully saturated rings. The van der Waals surface area contributed by atoms with Crippen molar-refractivity contribution in [3.05, 3.63) is 35.9 Å². The van der Waals surface area contributed by atoms with Gasteiger partial charge in [-0.1, -0.05) is 36.8 Å². The van der Waals surface area contributed by atoms with Crippen LogP contribution in [0.25, 0.3) is 0 Å². The molecule has 174 valence electrons. The maximum atomic E-state index is 13.0. The average molecular weight is 432 g/mol. The Balaban J connectivity index is 1.67. The highest BCUT2D eigenvalue weighted by Crippen LogP contribution is 2.39. The fourth-order valence-corrected chi connectivity index (χ4v) is 5.34. The molecule has 0 N–H and O–H groups in total. The van der Waals surface area contributed by atoms with E-state index in [1.807, 2.05) is 26.8 Å². The van der Waals surface area contributed by atoms with E-state index < -0.39 is 11.4 Å². The summed E-state index contributed by atoms with van der Waals surface area (Å²) in [6.07, 6.45) is 8.47. The zero-order valence-corrected chi connectivity index (χ0v) is 20.1. The molecule has 0 spiro atoms. The Bertz CT molecular complexity index is 695. The van der Waals surface area contributed by atoms with Crippen LogP contribution in [0.1, 0.15) is 77.7 Å². The molecule has 0 radical (unpaired) electrons. The number of nitrogens with zero attached hydrogens (tertiary/aromatic N) is 1. The van der Waals surface area contributed by atoms with E-state index in [1.165, 1.54) is 12.0 Å². The van der Waals surface area contributed by atoms with Gasteiger partial charge in [0.15, 0.2) is 5.79 Å². The minimum atomic E-state index is -0.459. The zero-order chi connectivity index (χ0) is 22.5. The van der Waals surface area contributed by atoms with Gasteiger partial charge < -0.3 is 14.2 Å². The number of hydrogen-bond acceptors (Lipinski definition) is 5. The van der Waals surface area contributed by atoms with Crippen molar-refractivity contribution in [2.24, 2.45) is 5.92 Å². The van der Waals surface area contributed by atoms with Crippen molar-refractivity contribution in [3.63, 3.8) is 0 Å². The third-order valence-corrected chi connectivity index (χ3v) is 6.95. The second kappa shape index (κ2) is 10.5. The highest BCUT2D eigenvalue weighted by Gasteiger charge is 2.41. The van der Waals surface area contributed by atoms with Crippen LogP contribution in [0.2, 0.25) is 0 Å². The molecule has 1 saturated heterocycles. The van der Waals surface area contributed by atoms with E-state index in [2.05, 4.69) is 29.2 Å². The monoisotopic (exact) mass is 431 g/mol. The Labute approximate surface area is 188 Å². The summed E-state index contributed by atoms with van der Waals surface area (Å²) in [6, 6.07) is 10.7. The van der Waals surface area contributed by atoms with Gasteiger partial charge >= 0.3 is 5.97 Å². The molecule has 5 nitrogen and oxygen atoms in total. The lowest BCUT2D eigenvalue weighted by molar-refractivity contribution is -0.231. The number of carbonyl (C=O) groups excluding carboxylic acids is 1. The minimum absolute atomic E-state index is 0.0821. The number of likely N-dealkylation sites (tertiary alicyclic amines) is 1. The van der Waals surface area contributed by atoms with E-state index in [4.69, 9.17) is 14.2 Å². The van der Waals surface area contributed by atoms with Crippen LogP contribution in [0.3, 0.4) is 0 Å². The van der Waals surface area contributed by atoms with Gasteiger partial charge in [0.2, 0.25) is 0 Å². The summed E-state index contributed by atoms with van der Waals surface area (Å²) in [4.78, 5) is 15.4. The van der Waals surface area contributed by atoms with Gasteiger partial charge in [0.1, 0.15) is 11.6 Å². The molecule has 31 heavy (non-hydrogen) atoms. The van der Waals surface area contributed by atoms with Crippen molar-refractivity contribution in [1.82, 2.24) is 4.90 Å². The van der Waals surface area contributed by atoms with E-state index >= 15 is 0 Å². The molecule has 2 aliphatic rings. The molecule has 0 aromatic heterocycles. The fourth-order valence-electron chi connectivity index (χ4n) is 5.34. The van der Waals surface area contributed by atoms with Crippen molar-refractivity contribution < 1.29 is 19.0 Å². The van der Waals surface area contributed by atoms with Crippen molar-refractivity contribution in [3.8, 4) is 0 Å². The molecule has 1 saturated carbocycles. The van der Waals surface area contributed by atoms with Crippen LogP contribution in [0, 0.1) is 5.92 Å². The molecule has 5 heteroatoms. The second-order valence-corrected chi connectivity index (χ2v) is 10.3. The SMILES string of the molecule is COC1(OC)CCCC(CC[C@@H]2CC[C@H](C(=O)OC(C)(C)C)N2Cc2ccccc2)C1. The van der Waals surface area contributed by atoms with E-state index in [9.17, 15) is 4.79 Å². The summed E-state index contributed by atoms with van der Waals surface area (Å²) in [5, 5.41) is 0. The minimum Gasteiger partial charge on any atom is -0.459 e. The summed E-state index contributed by atoms with van der Waals surface area (Å²) < 4.78 is 17.2. The smallest absolute Gasteiger partial charge is 0.323 e. The highest BCUT2D eigenvalue weighted by atomic mass is 16.7. The predicted octanol–water partition coefficient (Wildman–Crippen LogP) is 5.32. The third-order valence-electron chi connectivity index (χ3n) is 6.95. The molecule has 1 aliphatic heterocycles. The maximum Gasteiger partial charge on any atom is 0.323 e. The van der Waals surface area contributed by atoms with Gasteiger partial charge in [-0.05, 0) is 64.4 Å². The van der Waals surface area contributed by atoms with Gasteiger partial charge in [0.05, 0.1) is 0 Å². The number of esters is 1. The molecule has 0 amide bonds. The van der Waals surface area contributed by atoms with Crippen molar-refractivity contribution >= 4 is 5.97 Å². The summed E-state index contributed by atoms with van der Waals surface area (Å²) in [6.45, 7) is 6.62. The van der Waals surface area contributed by atoms with Crippen LogP contribution < -0.4 is 0 Å². The van der Waals surface area contributed by atoms with Crippen molar-refractivity contribution in [2.75, 3.05) is 14.2 Å². The number of methoxy groups -OCH3 is 2. The first-order chi connectivity index (χ1) is 14.8. The summed E-state index contributed by atoms with van der Waals surface area (Å²) in [5.41, 5.74) is 0.790. The molecule has 3 rings (SSSR count). The summed E-state index contributed by atoms with van der Waals surface area (Å²) in [7, 11) is 3.52. The molecule has 1 aromatic carbocycles. The van der Waals surface area contributed by atoms with Gasteiger partial charge in [-0.15, -0.1) is 0 Å². The van der Waals surface area contributed by atoms with E-state index in [0.717, 1.165) is 51.5 Å². The highest BCUT2D eigenvalue weighted by molar-refractivity contribution is 5.76. The molecule has 1 aliphatic carbocycles. The number of carbonyl (C=O) groups is 1. The van der Waals surface area contributed by atoms with Crippen LogP contribution in [-0.4, -0.2) is 48.6 Å². The molecule has 1 unspecified atom stereocenters. The Morgan fingerprint density at radius 3 is 2.42 bits per heavy atom. The lowest BCUT2D eigenvalue weighted by Crippen LogP contribution is -2.43. The predicted molar refractivity (Wildman–Crippen MR) is 123 cm³/mol. The third kappa shape index (κ3) is 6.53. The zero-order valence-electron chi connectivity index (χ0n) is 20.1. The Kier molecular flexibility index (Phi) is 8.17. The fraction of sp³-hybridized carbons (Fsp3) is 0.731. The molecule has 1 heterocycles. The van der Waals surface area contributed by atoms with Crippen LogP contribution in [0.5, 0.6) is 0 Å². The number of rotatable bonds is 8. The first kappa shape index (κ1) is 24.2. The van der Waals surface area contributed by atoms with Gasteiger partial charge in [0.25, 0.3) is 0 Å². The van der Waals surface area contributed by atoms with Crippen LogP contribution in [0.4, 0.5) is 0 Å². The Hall–Kier alpha value is -1.43. The lowest BCUT2D eigenvalue weighted by Gasteiger charge is -2.39. The lowest BCUT2D eigenvalue weighted by atomic mass is 9.81. The van der Waals surface area contributed by atoms with Crippen LogP contribution >= 0.6 is 0 Å². The van der Waals surface area contributed by atoms with E-state index in [-0.39, 0.29) is 12.0 Å². The Morgan fingerprint density at radius 1 is 1.06 bits per heavy atom. The standard InChI is InChI=1S/C26H41NO4/c1-25(2,3)31-24(28)23-16-15-22(27(23)19-21-10-7-6-8-11-21)14-13-20-12-9-17-26(18-20,29-4)30-5/h6-8,10-11,20,22-23H,9,12-19H2,1-5H3/t20?,22-,23-/m1/s1. The quantitative estimate of drug-likeness (QED) is 0.412. The summed E-state index contributed by atoms with van der Waals surface area (Å²) >= 11 is 0. The molecule has 3 atom stereocenters. The van der Waals surface area contributed by atoms with Gasteiger partial charge in [-0.2, -0.15) is 0 Å². The number of ether oxygens (including phenoxy) is 3. The first-order valence-electron chi connectivity index (χ1n) is 11.9. The van der Waals surface area contributed by atoms with Crippen LogP contribution in [-0.2, 0) is 25.5 Å². The Morgan fingerprint density at radius 2 is 1.77 bits per heavy atom. The summed E-state index contributed by atoms with van der Waals surface area (Å²) in [5.74, 6) is 0.107. The van der Waals surface area contributed by atoms with Gasteiger partial charge in [-0.25, -0.2) is 0 Å².